The molecule has 0 unspecified atom stereocenters. The van der Waals surface area contributed by atoms with Crippen LogP contribution in [0.3, 0.4) is 0 Å². The van der Waals surface area contributed by atoms with E-state index in [4.69, 9.17) is 0 Å². The summed E-state index contributed by atoms with van der Waals surface area (Å²) >= 11 is 0. The fourth-order valence-electron chi connectivity index (χ4n) is 4.49. The first kappa shape index (κ1) is 19.9. The van der Waals surface area contributed by atoms with Crippen LogP contribution < -0.4 is 14.7 Å². The molecule has 2 aliphatic heterocycles. The van der Waals surface area contributed by atoms with E-state index in [-0.39, 0.29) is 0 Å². The number of fused-ring (bicyclic) bond motifs is 1. The molecule has 4 heterocycles. The van der Waals surface area contributed by atoms with E-state index in [1.54, 1.807) is 6.33 Å². The molecule has 162 valence electrons. The second-order valence-corrected chi connectivity index (χ2v) is 8.64. The zero-order valence-electron chi connectivity index (χ0n) is 18.4. The SMILES string of the molecule is CN(C)c1ncc(CN2CCN(c3ccc4ncnc(N5CCCC5)c4c3)CC2)cn1. The minimum Gasteiger partial charge on any atom is -0.369 e. The molecule has 2 saturated heterocycles. The minimum atomic E-state index is 0.752. The van der Waals surface area contributed by atoms with Crippen molar-refractivity contribution in [3.05, 3.63) is 42.5 Å². The Balaban J connectivity index is 1.26. The van der Waals surface area contributed by atoms with Crippen LogP contribution in [0.2, 0.25) is 0 Å². The van der Waals surface area contributed by atoms with Crippen molar-refractivity contribution in [2.45, 2.75) is 19.4 Å². The Labute approximate surface area is 183 Å². The molecule has 1 aromatic carbocycles. The molecule has 3 aromatic rings. The topological polar surface area (TPSA) is 64.5 Å². The van der Waals surface area contributed by atoms with Gasteiger partial charge in [-0.3, -0.25) is 4.90 Å². The molecular weight excluding hydrogens is 388 g/mol. The highest BCUT2D eigenvalue weighted by atomic mass is 15.3. The van der Waals surface area contributed by atoms with Gasteiger partial charge >= 0.3 is 0 Å². The number of piperazine rings is 1. The Bertz CT molecular complexity index is 1020. The van der Waals surface area contributed by atoms with Crippen molar-refractivity contribution in [2.75, 3.05) is 68.1 Å². The van der Waals surface area contributed by atoms with Gasteiger partial charge in [-0.2, -0.15) is 0 Å². The molecule has 31 heavy (non-hydrogen) atoms. The van der Waals surface area contributed by atoms with Gasteiger partial charge in [-0.25, -0.2) is 19.9 Å². The van der Waals surface area contributed by atoms with Crippen molar-refractivity contribution >= 4 is 28.4 Å². The van der Waals surface area contributed by atoms with Gasteiger partial charge in [-0.15, -0.1) is 0 Å². The lowest BCUT2D eigenvalue weighted by Gasteiger charge is -2.36. The first-order valence-electron chi connectivity index (χ1n) is 11.1. The predicted octanol–water partition coefficient (Wildman–Crippen LogP) is 2.41. The zero-order valence-corrected chi connectivity index (χ0v) is 18.4. The van der Waals surface area contributed by atoms with Gasteiger partial charge < -0.3 is 14.7 Å². The van der Waals surface area contributed by atoms with E-state index in [9.17, 15) is 0 Å². The third kappa shape index (κ3) is 4.25. The lowest BCUT2D eigenvalue weighted by atomic mass is 10.1. The third-order valence-corrected chi connectivity index (χ3v) is 6.24. The van der Waals surface area contributed by atoms with Gasteiger partial charge in [0, 0.05) is 88.9 Å². The first-order valence-corrected chi connectivity index (χ1v) is 11.1. The molecule has 5 rings (SSSR count). The second-order valence-electron chi connectivity index (χ2n) is 8.64. The Morgan fingerprint density at radius 1 is 0.839 bits per heavy atom. The van der Waals surface area contributed by atoms with Crippen molar-refractivity contribution in [3.8, 4) is 0 Å². The van der Waals surface area contributed by atoms with Gasteiger partial charge in [-0.1, -0.05) is 0 Å². The Morgan fingerprint density at radius 2 is 1.58 bits per heavy atom. The van der Waals surface area contributed by atoms with Crippen molar-refractivity contribution in [1.82, 2.24) is 24.8 Å². The Hall–Kier alpha value is -3.00. The molecule has 2 aromatic heterocycles. The summed E-state index contributed by atoms with van der Waals surface area (Å²) in [5, 5.41) is 1.17. The smallest absolute Gasteiger partial charge is 0.224 e. The fraction of sp³-hybridized carbons (Fsp3) is 0.478. The molecule has 0 saturated carbocycles. The summed E-state index contributed by atoms with van der Waals surface area (Å²) in [4.78, 5) is 27.3. The summed E-state index contributed by atoms with van der Waals surface area (Å²) in [7, 11) is 3.92. The minimum absolute atomic E-state index is 0.752. The first-order chi connectivity index (χ1) is 15.2. The van der Waals surface area contributed by atoms with Crippen LogP contribution in [-0.4, -0.2) is 78.2 Å². The van der Waals surface area contributed by atoms with Gasteiger partial charge in [0.25, 0.3) is 0 Å². The molecule has 0 radical (unpaired) electrons. The van der Waals surface area contributed by atoms with Crippen molar-refractivity contribution < 1.29 is 0 Å². The van der Waals surface area contributed by atoms with Crippen molar-refractivity contribution in [3.63, 3.8) is 0 Å². The lowest BCUT2D eigenvalue weighted by molar-refractivity contribution is 0.249. The molecule has 8 heteroatoms. The van der Waals surface area contributed by atoms with Gasteiger partial charge in [0.1, 0.15) is 12.1 Å². The van der Waals surface area contributed by atoms with E-state index in [2.05, 4.69) is 52.8 Å². The van der Waals surface area contributed by atoms with E-state index in [0.717, 1.165) is 68.7 Å². The Kier molecular flexibility index (Phi) is 5.55. The largest absolute Gasteiger partial charge is 0.369 e. The summed E-state index contributed by atoms with van der Waals surface area (Å²) in [5.74, 6) is 1.84. The number of hydrogen-bond acceptors (Lipinski definition) is 8. The number of anilines is 3. The molecule has 0 spiro atoms. The van der Waals surface area contributed by atoms with Crippen LogP contribution in [0.15, 0.2) is 36.9 Å². The monoisotopic (exact) mass is 418 g/mol. The van der Waals surface area contributed by atoms with Crippen molar-refractivity contribution in [1.29, 1.82) is 0 Å². The summed E-state index contributed by atoms with van der Waals surface area (Å²) in [6.45, 7) is 7.15. The number of benzene rings is 1. The molecule has 8 nitrogen and oxygen atoms in total. The van der Waals surface area contributed by atoms with Crippen LogP contribution in [0.5, 0.6) is 0 Å². The van der Waals surface area contributed by atoms with Gasteiger partial charge in [0.05, 0.1) is 5.52 Å². The molecule has 2 fully saturated rings. The van der Waals surface area contributed by atoms with Gasteiger partial charge in [-0.05, 0) is 31.0 Å². The standard InChI is InChI=1S/C23H30N8/c1-28(2)23-24-14-18(15-25-23)16-29-9-11-30(12-10-29)19-5-6-21-20(13-19)22(27-17-26-21)31-7-3-4-8-31/h5-6,13-15,17H,3-4,7-12,16H2,1-2H3. The maximum absolute atomic E-state index is 4.62. The van der Waals surface area contributed by atoms with E-state index in [0.29, 0.717) is 0 Å². The number of rotatable bonds is 5. The van der Waals surface area contributed by atoms with Crippen LogP contribution in [0, 0.1) is 0 Å². The van der Waals surface area contributed by atoms with Crippen LogP contribution in [0.1, 0.15) is 18.4 Å². The summed E-state index contributed by atoms with van der Waals surface area (Å²) in [6, 6.07) is 6.63. The van der Waals surface area contributed by atoms with E-state index in [1.807, 2.05) is 31.4 Å². The number of hydrogen-bond donors (Lipinski definition) is 0. The second kappa shape index (κ2) is 8.63. The zero-order chi connectivity index (χ0) is 21.2. The highest BCUT2D eigenvalue weighted by molar-refractivity contribution is 5.92. The molecule has 0 amide bonds. The third-order valence-electron chi connectivity index (χ3n) is 6.24. The van der Waals surface area contributed by atoms with Crippen LogP contribution in [-0.2, 0) is 6.54 Å². The maximum Gasteiger partial charge on any atom is 0.224 e. The molecule has 0 N–H and O–H groups in total. The van der Waals surface area contributed by atoms with Crippen molar-refractivity contribution in [2.24, 2.45) is 0 Å². The molecule has 2 aliphatic rings. The molecule has 0 atom stereocenters. The maximum atomic E-state index is 4.62. The van der Waals surface area contributed by atoms with E-state index >= 15 is 0 Å². The highest BCUT2D eigenvalue weighted by Gasteiger charge is 2.20. The van der Waals surface area contributed by atoms with Gasteiger partial charge in [0.2, 0.25) is 5.95 Å². The van der Waals surface area contributed by atoms with Crippen LogP contribution >= 0.6 is 0 Å². The van der Waals surface area contributed by atoms with Gasteiger partial charge in [0.15, 0.2) is 0 Å². The molecular formula is C23H30N8. The average molecular weight is 419 g/mol. The highest BCUT2D eigenvalue weighted by Crippen LogP contribution is 2.30. The predicted molar refractivity (Wildman–Crippen MR) is 125 cm³/mol. The molecule has 0 bridgehead atoms. The van der Waals surface area contributed by atoms with E-state index in [1.165, 1.54) is 23.9 Å². The number of nitrogens with zero attached hydrogens (tertiary/aromatic N) is 8. The quantitative estimate of drug-likeness (QED) is 0.626. The average Bonchev–Trinajstić information content (AvgIpc) is 3.34. The lowest BCUT2D eigenvalue weighted by Crippen LogP contribution is -2.46. The normalized spacial score (nSPS) is 17.5. The molecule has 0 aliphatic carbocycles. The summed E-state index contributed by atoms with van der Waals surface area (Å²) in [5.41, 5.74) is 3.46. The summed E-state index contributed by atoms with van der Waals surface area (Å²) < 4.78 is 0. The summed E-state index contributed by atoms with van der Waals surface area (Å²) in [6.07, 6.45) is 8.07. The fourth-order valence-corrected chi connectivity index (χ4v) is 4.49. The van der Waals surface area contributed by atoms with E-state index < -0.39 is 0 Å². The van der Waals surface area contributed by atoms with Crippen LogP contribution in [0.25, 0.3) is 10.9 Å². The number of aromatic nitrogens is 4. The van der Waals surface area contributed by atoms with Crippen LogP contribution in [0.4, 0.5) is 17.5 Å². The Morgan fingerprint density at radius 3 is 2.29 bits per heavy atom.